The summed E-state index contributed by atoms with van der Waals surface area (Å²) in [6, 6.07) is 11.0. The van der Waals surface area contributed by atoms with E-state index in [9.17, 15) is 10.1 Å². The van der Waals surface area contributed by atoms with E-state index in [1.165, 1.54) is 10.9 Å². The van der Waals surface area contributed by atoms with Gasteiger partial charge in [0, 0.05) is 12.2 Å². The molecule has 1 N–H and O–H groups in total. The maximum atomic E-state index is 13.3. The Balaban J connectivity index is 1.79. The molecule has 156 valence electrons. The zero-order chi connectivity index (χ0) is 22.1. The van der Waals surface area contributed by atoms with Crippen molar-refractivity contribution in [2.75, 3.05) is 12.4 Å². The monoisotopic (exact) mass is 415 g/mol. The summed E-state index contributed by atoms with van der Waals surface area (Å²) in [6.45, 7) is 6.30. The number of nitriles is 1. The highest BCUT2D eigenvalue weighted by Gasteiger charge is 2.21. The van der Waals surface area contributed by atoms with Crippen molar-refractivity contribution in [1.29, 1.82) is 5.26 Å². The second-order valence-electron chi connectivity index (χ2n) is 6.99. The van der Waals surface area contributed by atoms with Crippen LogP contribution in [-0.4, -0.2) is 37.6 Å². The molecule has 0 atom stereocenters. The summed E-state index contributed by atoms with van der Waals surface area (Å²) >= 11 is 0. The smallest absolute Gasteiger partial charge is 0.257 e. The first-order valence-corrected chi connectivity index (χ1v) is 9.75. The van der Waals surface area contributed by atoms with E-state index in [0.29, 0.717) is 46.1 Å². The van der Waals surface area contributed by atoms with Gasteiger partial charge in [0.2, 0.25) is 0 Å². The normalized spacial score (nSPS) is 10.8. The number of carbonyl (C=O) groups is 1. The second-order valence-corrected chi connectivity index (χ2v) is 6.99. The van der Waals surface area contributed by atoms with Crippen molar-refractivity contribution < 1.29 is 9.53 Å². The minimum absolute atomic E-state index is 0.257. The van der Waals surface area contributed by atoms with Gasteiger partial charge in [-0.3, -0.25) is 4.79 Å². The fourth-order valence-corrected chi connectivity index (χ4v) is 3.52. The SMILES string of the molecule is CCn1nc(C)c2c(C(=O)Nc3c(C#N)cnn3-c3ccc(OC)cc3)cc(C)nc21. The molecule has 0 aliphatic heterocycles. The standard InChI is InChI=1S/C22H21N7O2/c1-5-28-21-19(14(3)27-28)18(10-13(2)25-21)22(30)26-20-15(11-23)12-24-29(20)16-6-8-17(31-4)9-7-16/h6-10,12H,5H2,1-4H3,(H,26,30). The van der Waals surface area contributed by atoms with Gasteiger partial charge in [0.1, 0.15) is 17.4 Å². The Kier molecular flexibility index (Phi) is 5.13. The van der Waals surface area contributed by atoms with Gasteiger partial charge in [0.15, 0.2) is 11.5 Å². The first-order valence-electron chi connectivity index (χ1n) is 9.75. The van der Waals surface area contributed by atoms with E-state index < -0.39 is 0 Å². The number of anilines is 1. The molecule has 3 heterocycles. The van der Waals surface area contributed by atoms with Gasteiger partial charge in [-0.25, -0.2) is 14.3 Å². The van der Waals surface area contributed by atoms with Crippen molar-refractivity contribution >= 4 is 22.8 Å². The van der Waals surface area contributed by atoms with E-state index >= 15 is 0 Å². The molecular formula is C22H21N7O2. The molecule has 0 spiro atoms. The van der Waals surface area contributed by atoms with Crippen LogP contribution in [0.5, 0.6) is 5.75 Å². The zero-order valence-corrected chi connectivity index (χ0v) is 17.7. The summed E-state index contributed by atoms with van der Waals surface area (Å²) in [4.78, 5) is 17.9. The molecule has 9 nitrogen and oxygen atoms in total. The van der Waals surface area contributed by atoms with Gasteiger partial charge in [-0.15, -0.1) is 0 Å². The number of nitrogens with zero attached hydrogens (tertiary/aromatic N) is 6. The molecule has 0 aliphatic carbocycles. The molecule has 0 unspecified atom stereocenters. The van der Waals surface area contributed by atoms with E-state index in [-0.39, 0.29) is 11.5 Å². The van der Waals surface area contributed by atoms with Crippen molar-refractivity contribution in [2.45, 2.75) is 27.3 Å². The number of nitrogens with one attached hydrogen (secondary N) is 1. The number of rotatable bonds is 5. The van der Waals surface area contributed by atoms with Gasteiger partial charge in [0.25, 0.3) is 5.91 Å². The van der Waals surface area contributed by atoms with Gasteiger partial charge < -0.3 is 10.1 Å². The molecule has 0 bridgehead atoms. The minimum Gasteiger partial charge on any atom is -0.497 e. The lowest BCUT2D eigenvalue weighted by molar-refractivity contribution is 0.102. The summed E-state index contributed by atoms with van der Waals surface area (Å²) in [5.41, 5.74) is 3.48. The fourth-order valence-electron chi connectivity index (χ4n) is 3.52. The molecular weight excluding hydrogens is 394 g/mol. The number of carbonyl (C=O) groups excluding carboxylic acids is 1. The van der Waals surface area contributed by atoms with Gasteiger partial charge in [-0.2, -0.15) is 15.5 Å². The molecule has 0 saturated heterocycles. The number of hydrogen-bond donors (Lipinski definition) is 1. The molecule has 1 amide bonds. The molecule has 4 rings (SSSR count). The van der Waals surface area contributed by atoms with Crippen LogP contribution in [0.1, 0.15) is 34.2 Å². The van der Waals surface area contributed by atoms with Crippen molar-refractivity contribution in [3.8, 4) is 17.5 Å². The van der Waals surface area contributed by atoms with Crippen LogP contribution < -0.4 is 10.1 Å². The third kappa shape index (κ3) is 3.48. The first-order chi connectivity index (χ1) is 15.0. The van der Waals surface area contributed by atoms with E-state index in [0.717, 1.165) is 5.69 Å². The Morgan fingerprint density at radius 1 is 1.26 bits per heavy atom. The second kappa shape index (κ2) is 7.91. The summed E-state index contributed by atoms with van der Waals surface area (Å²) in [7, 11) is 1.59. The number of methoxy groups -OCH3 is 1. The highest BCUT2D eigenvalue weighted by atomic mass is 16.5. The number of hydrogen-bond acceptors (Lipinski definition) is 6. The van der Waals surface area contributed by atoms with Gasteiger partial charge >= 0.3 is 0 Å². The van der Waals surface area contributed by atoms with Crippen molar-refractivity contribution in [3.05, 3.63) is 59.0 Å². The van der Waals surface area contributed by atoms with Crippen LogP contribution in [0, 0.1) is 25.2 Å². The minimum atomic E-state index is -0.360. The summed E-state index contributed by atoms with van der Waals surface area (Å²) in [5, 5.41) is 21.9. The lowest BCUT2D eigenvalue weighted by Gasteiger charge is -2.11. The van der Waals surface area contributed by atoms with Crippen molar-refractivity contribution in [1.82, 2.24) is 24.5 Å². The molecule has 0 radical (unpaired) electrons. The van der Waals surface area contributed by atoms with E-state index in [4.69, 9.17) is 4.74 Å². The molecule has 4 aromatic rings. The summed E-state index contributed by atoms with van der Waals surface area (Å²) in [6.07, 6.45) is 1.42. The summed E-state index contributed by atoms with van der Waals surface area (Å²) in [5.74, 6) is 0.627. The maximum Gasteiger partial charge on any atom is 0.257 e. The van der Waals surface area contributed by atoms with E-state index in [2.05, 4.69) is 26.6 Å². The van der Waals surface area contributed by atoms with Crippen LogP contribution >= 0.6 is 0 Å². The highest BCUT2D eigenvalue weighted by molar-refractivity contribution is 6.12. The number of ether oxygens (including phenoxy) is 1. The number of amides is 1. The fraction of sp³-hybridized carbons (Fsp3) is 0.227. The van der Waals surface area contributed by atoms with Crippen molar-refractivity contribution in [3.63, 3.8) is 0 Å². The third-order valence-corrected chi connectivity index (χ3v) is 4.99. The molecule has 0 saturated carbocycles. The Morgan fingerprint density at radius 3 is 2.65 bits per heavy atom. The molecule has 1 aromatic carbocycles. The Morgan fingerprint density at radius 2 is 2.00 bits per heavy atom. The quantitative estimate of drug-likeness (QED) is 0.535. The topological polar surface area (TPSA) is 111 Å². The lowest BCUT2D eigenvalue weighted by atomic mass is 10.1. The first kappa shape index (κ1) is 20.1. The number of pyridine rings is 1. The Hall–Kier alpha value is -4.19. The van der Waals surface area contributed by atoms with Gasteiger partial charge in [-0.1, -0.05) is 0 Å². The highest BCUT2D eigenvalue weighted by Crippen LogP contribution is 2.26. The average Bonchev–Trinajstić information content (AvgIpc) is 3.33. The van der Waals surface area contributed by atoms with E-state index in [1.54, 1.807) is 42.1 Å². The summed E-state index contributed by atoms with van der Waals surface area (Å²) < 4.78 is 8.48. The molecule has 0 aliphatic rings. The number of fused-ring (bicyclic) bond motifs is 1. The predicted octanol–water partition coefficient (Wildman–Crippen LogP) is 3.39. The van der Waals surface area contributed by atoms with Crippen LogP contribution in [0.25, 0.3) is 16.7 Å². The molecule has 3 aromatic heterocycles. The zero-order valence-electron chi connectivity index (χ0n) is 17.7. The maximum absolute atomic E-state index is 13.3. The number of benzene rings is 1. The molecule has 9 heteroatoms. The van der Waals surface area contributed by atoms with Crippen LogP contribution in [0.15, 0.2) is 36.5 Å². The van der Waals surface area contributed by atoms with E-state index in [1.807, 2.05) is 20.8 Å². The van der Waals surface area contributed by atoms with Crippen LogP contribution in [-0.2, 0) is 6.54 Å². The third-order valence-electron chi connectivity index (χ3n) is 4.99. The van der Waals surface area contributed by atoms with Gasteiger partial charge in [-0.05, 0) is 51.1 Å². The van der Waals surface area contributed by atoms with Crippen LogP contribution in [0.3, 0.4) is 0 Å². The predicted molar refractivity (Wildman–Crippen MR) is 115 cm³/mol. The van der Waals surface area contributed by atoms with Crippen LogP contribution in [0.4, 0.5) is 5.82 Å². The number of aryl methyl sites for hydroxylation is 3. The van der Waals surface area contributed by atoms with Crippen LogP contribution in [0.2, 0.25) is 0 Å². The van der Waals surface area contributed by atoms with Crippen molar-refractivity contribution in [2.24, 2.45) is 0 Å². The molecule has 31 heavy (non-hydrogen) atoms. The van der Waals surface area contributed by atoms with Gasteiger partial charge in [0.05, 0.1) is 35.6 Å². The number of aromatic nitrogens is 5. The largest absolute Gasteiger partial charge is 0.497 e. The average molecular weight is 415 g/mol. The lowest BCUT2D eigenvalue weighted by Crippen LogP contribution is -2.17. The Labute approximate surface area is 178 Å². The Bertz CT molecular complexity index is 1330. The molecule has 0 fully saturated rings.